The number of aryl methyl sites for hydroxylation is 1. The summed E-state index contributed by atoms with van der Waals surface area (Å²) >= 11 is 1.67. The van der Waals surface area contributed by atoms with Crippen molar-refractivity contribution in [1.29, 1.82) is 0 Å². The van der Waals surface area contributed by atoms with E-state index >= 15 is 0 Å². The molecule has 0 saturated carbocycles. The highest BCUT2D eigenvalue weighted by molar-refractivity contribution is 7.99. The highest BCUT2D eigenvalue weighted by Crippen LogP contribution is 2.26. The van der Waals surface area contributed by atoms with Crippen LogP contribution in [0.3, 0.4) is 0 Å². The third-order valence-corrected chi connectivity index (χ3v) is 2.56. The van der Waals surface area contributed by atoms with Gasteiger partial charge in [0, 0.05) is 5.75 Å². The molecule has 0 radical (unpaired) electrons. The van der Waals surface area contributed by atoms with Crippen LogP contribution in [0, 0.1) is 0 Å². The number of fused-ring (bicyclic) bond motifs is 1. The maximum atomic E-state index is 9.23. The highest BCUT2D eigenvalue weighted by Gasteiger charge is 2.19. The first kappa shape index (κ1) is 8.29. The summed E-state index contributed by atoms with van der Waals surface area (Å²) in [7, 11) is 0. The van der Waals surface area contributed by atoms with Crippen molar-refractivity contribution in [2.75, 3.05) is 5.75 Å². The summed E-state index contributed by atoms with van der Waals surface area (Å²) in [6, 6.07) is 0. The van der Waals surface area contributed by atoms with Crippen molar-refractivity contribution < 1.29 is 15.1 Å². The van der Waals surface area contributed by atoms with E-state index in [0.717, 1.165) is 17.3 Å². The monoisotopic (exact) mass is 172 g/mol. The van der Waals surface area contributed by atoms with Crippen LogP contribution in [0.5, 0.6) is 5.75 Å². The lowest BCUT2D eigenvalue weighted by Gasteiger charge is -1.92. The molecule has 1 aliphatic rings. The van der Waals surface area contributed by atoms with Gasteiger partial charge in [0.2, 0.25) is 10.8 Å². The zero-order chi connectivity index (χ0) is 6.97. The molecule has 2 rings (SSSR count). The molecular formula is C6H8N2O2S. The predicted molar refractivity (Wildman–Crippen MR) is 38.8 cm³/mol. The molecule has 0 aromatic carbocycles. The van der Waals surface area contributed by atoms with Crippen molar-refractivity contribution in [3.05, 3.63) is 12.5 Å². The zero-order valence-electron chi connectivity index (χ0n) is 5.77. The molecule has 0 fully saturated rings. The van der Waals surface area contributed by atoms with Crippen molar-refractivity contribution in [2.24, 2.45) is 0 Å². The molecule has 1 aliphatic heterocycles. The summed E-state index contributed by atoms with van der Waals surface area (Å²) in [6.45, 7) is 0.960. The van der Waals surface area contributed by atoms with Crippen LogP contribution in [0.1, 0.15) is 0 Å². The van der Waals surface area contributed by atoms with Crippen molar-refractivity contribution in [2.45, 2.75) is 11.6 Å². The number of hydrogen-bond donors (Lipinski definition) is 1. The van der Waals surface area contributed by atoms with Gasteiger partial charge in [-0.05, 0) is 0 Å². The SMILES string of the molecule is Oc1cnc[n+]2c1SCC2.[OH-]. The lowest BCUT2D eigenvalue weighted by molar-refractivity contribution is -0.726. The molecule has 2 N–H and O–H groups in total. The summed E-state index contributed by atoms with van der Waals surface area (Å²) < 4.78 is 1.96. The van der Waals surface area contributed by atoms with Crippen LogP contribution in [0.25, 0.3) is 0 Å². The molecule has 5 heteroatoms. The summed E-state index contributed by atoms with van der Waals surface area (Å²) in [5, 5.41) is 10.2. The zero-order valence-corrected chi connectivity index (χ0v) is 6.58. The van der Waals surface area contributed by atoms with E-state index < -0.39 is 0 Å². The number of rotatable bonds is 0. The van der Waals surface area contributed by atoms with Crippen LogP contribution in [-0.4, -0.2) is 21.3 Å². The molecule has 60 valence electrons. The van der Waals surface area contributed by atoms with E-state index in [-0.39, 0.29) is 5.48 Å². The van der Waals surface area contributed by atoms with Crippen molar-refractivity contribution >= 4 is 11.8 Å². The third-order valence-electron chi connectivity index (χ3n) is 1.45. The van der Waals surface area contributed by atoms with Gasteiger partial charge in [0.1, 0.15) is 6.54 Å². The molecule has 0 aliphatic carbocycles. The molecule has 2 heterocycles. The van der Waals surface area contributed by atoms with E-state index in [4.69, 9.17) is 0 Å². The number of hydrogen-bond acceptors (Lipinski definition) is 4. The van der Waals surface area contributed by atoms with E-state index in [1.54, 1.807) is 18.1 Å². The maximum Gasteiger partial charge on any atom is 0.287 e. The van der Waals surface area contributed by atoms with Gasteiger partial charge in [0.25, 0.3) is 6.33 Å². The summed E-state index contributed by atoms with van der Waals surface area (Å²) in [4.78, 5) is 3.86. The van der Waals surface area contributed by atoms with Crippen LogP contribution in [0.4, 0.5) is 0 Å². The smallest absolute Gasteiger partial charge is 0.287 e. The standard InChI is InChI=1S/C6H6N2OS.H2O/c9-5-3-7-4-8-1-2-10-6(5)8;/h3-4H,1-2H2;1H2. The average molecular weight is 172 g/mol. The second kappa shape index (κ2) is 3.06. The van der Waals surface area contributed by atoms with Gasteiger partial charge >= 0.3 is 0 Å². The number of aromatic nitrogens is 2. The molecule has 0 saturated heterocycles. The highest BCUT2D eigenvalue weighted by atomic mass is 32.2. The number of nitrogens with zero attached hydrogens (tertiary/aromatic N) is 2. The molecule has 0 amide bonds. The fourth-order valence-electron chi connectivity index (χ4n) is 0.996. The van der Waals surface area contributed by atoms with Crippen LogP contribution in [-0.2, 0) is 6.54 Å². The first-order valence-corrected chi connectivity index (χ1v) is 4.06. The van der Waals surface area contributed by atoms with Gasteiger partial charge in [0.15, 0.2) is 6.20 Å². The predicted octanol–water partition coefficient (Wildman–Crippen LogP) is 0.00360. The quantitative estimate of drug-likeness (QED) is 0.442. The lowest BCUT2D eigenvalue weighted by atomic mass is 10.6. The van der Waals surface area contributed by atoms with Gasteiger partial charge in [-0.25, -0.2) is 4.57 Å². The largest absolute Gasteiger partial charge is 0.870 e. The first-order chi connectivity index (χ1) is 4.88. The summed E-state index contributed by atoms with van der Waals surface area (Å²) in [5.74, 6) is 1.34. The Balaban J connectivity index is 0.000000605. The van der Waals surface area contributed by atoms with E-state index in [9.17, 15) is 5.11 Å². The van der Waals surface area contributed by atoms with Gasteiger partial charge in [-0.2, -0.15) is 0 Å². The maximum absolute atomic E-state index is 9.23. The summed E-state index contributed by atoms with van der Waals surface area (Å²) in [5.41, 5.74) is 0. The fourth-order valence-corrected chi connectivity index (χ4v) is 1.98. The van der Waals surface area contributed by atoms with Crippen molar-refractivity contribution in [1.82, 2.24) is 4.98 Å². The van der Waals surface area contributed by atoms with Crippen LogP contribution >= 0.6 is 11.8 Å². The van der Waals surface area contributed by atoms with Gasteiger partial charge in [-0.1, -0.05) is 16.7 Å². The number of aromatic hydroxyl groups is 1. The lowest BCUT2D eigenvalue weighted by Crippen LogP contribution is -2.32. The van der Waals surface area contributed by atoms with E-state index in [2.05, 4.69) is 4.98 Å². The minimum atomic E-state index is 0. The van der Waals surface area contributed by atoms with E-state index in [1.807, 2.05) is 4.57 Å². The van der Waals surface area contributed by atoms with Crippen LogP contribution < -0.4 is 4.57 Å². The minimum absolute atomic E-state index is 0. The second-order valence-electron chi connectivity index (χ2n) is 2.13. The van der Waals surface area contributed by atoms with Gasteiger partial charge < -0.3 is 10.6 Å². The normalized spacial score (nSPS) is 13.8. The molecule has 1 aromatic rings. The Morgan fingerprint density at radius 1 is 1.64 bits per heavy atom. The van der Waals surface area contributed by atoms with E-state index in [0.29, 0.717) is 5.75 Å². The molecule has 0 unspecified atom stereocenters. The second-order valence-corrected chi connectivity index (χ2v) is 3.21. The molecule has 1 aromatic heterocycles. The third kappa shape index (κ3) is 1.29. The Morgan fingerprint density at radius 3 is 3.18 bits per heavy atom. The minimum Gasteiger partial charge on any atom is -0.870 e. The number of thioether (sulfide) groups is 1. The first-order valence-electron chi connectivity index (χ1n) is 3.07. The van der Waals surface area contributed by atoms with Gasteiger partial charge in [-0.3, -0.25) is 0 Å². The van der Waals surface area contributed by atoms with Crippen molar-refractivity contribution in [3.63, 3.8) is 0 Å². The van der Waals surface area contributed by atoms with E-state index in [1.165, 1.54) is 6.20 Å². The Labute approximate surface area is 68.2 Å². The topological polar surface area (TPSA) is 67.0 Å². The van der Waals surface area contributed by atoms with Crippen molar-refractivity contribution in [3.8, 4) is 5.75 Å². The van der Waals surface area contributed by atoms with Crippen LogP contribution in [0.15, 0.2) is 17.6 Å². The Kier molecular flexibility index (Phi) is 2.31. The fraction of sp³-hybridized carbons (Fsp3) is 0.333. The Hall–Kier alpha value is -0.810. The Bertz CT molecular complexity index is 267. The molecule has 0 bridgehead atoms. The van der Waals surface area contributed by atoms with Gasteiger partial charge in [-0.15, -0.1) is 0 Å². The molecule has 4 nitrogen and oxygen atoms in total. The van der Waals surface area contributed by atoms with Crippen LogP contribution in [0.2, 0.25) is 0 Å². The molecule has 11 heavy (non-hydrogen) atoms. The average Bonchev–Trinajstić information content (AvgIpc) is 2.36. The summed E-state index contributed by atoms with van der Waals surface area (Å²) in [6.07, 6.45) is 3.22. The molecule has 0 atom stereocenters. The molecule has 0 spiro atoms. The Morgan fingerprint density at radius 2 is 2.45 bits per heavy atom. The van der Waals surface area contributed by atoms with Gasteiger partial charge in [0.05, 0.1) is 0 Å². The molecular weight excluding hydrogens is 164 g/mol.